The first-order chi connectivity index (χ1) is 10.1. The zero-order valence-electron chi connectivity index (χ0n) is 13.3. The molecule has 2 rings (SSSR count). The second-order valence-electron chi connectivity index (χ2n) is 6.26. The molecule has 0 radical (unpaired) electrons. The molecule has 1 heterocycles. The lowest BCUT2D eigenvalue weighted by Crippen LogP contribution is -2.47. The van der Waals surface area contributed by atoms with E-state index in [1.165, 1.54) is 13.0 Å². The van der Waals surface area contributed by atoms with Crippen molar-refractivity contribution in [3.8, 4) is 0 Å². The zero-order valence-corrected chi connectivity index (χ0v) is 13.3. The van der Waals surface area contributed by atoms with Crippen LogP contribution in [0.5, 0.6) is 0 Å². The molecular formula is C17H28FN3. The van der Waals surface area contributed by atoms with Crippen molar-refractivity contribution in [2.24, 2.45) is 5.92 Å². The molecule has 0 atom stereocenters. The van der Waals surface area contributed by atoms with Gasteiger partial charge in [0.1, 0.15) is 5.82 Å². The topological polar surface area (TPSA) is 18.5 Å². The number of hydrogen-bond acceptors (Lipinski definition) is 3. The van der Waals surface area contributed by atoms with Crippen LogP contribution in [0, 0.1) is 11.7 Å². The summed E-state index contributed by atoms with van der Waals surface area (Å²) < 4.78 is 12.9. The van der Waals surface area contributed by atoms with Crippen LogP contribution in [0.25, 0.3) is 0 Å². The number of hydrogen-bond donors (Lipinski definition) is 1. The maximum atomic E-state index is 12.9. The Morgan fingerprint density at radius 1 is 1.10 bits per heavy atom. The Bertz CT molecular complexity index is 397. The van der Waals surface area contributed by atoms with Crippen LogP contribution in [0.2, 0.25) is 0 Å². The molecule has 0 aromatic heterocycles. The molecule has 0 aliphatic carbocycles. The van der Waals surface area contributed by atoms with Gasteiger partial charge >= 0.3 is 0 Å². The zero-order chi connectivity index (χ0) is 15.1. The SMILES string of the molecule is CC(C)CNCCCN1CCN(c2ccc(F)cc2)CC1. The molecule has 0 saturated carbocycles. The molecule has 1 saturated heterocycles. The highest BCUT2D eigenvalue weighted by molar-refractivity contribution is 5.46. The summed E-state index contributed by atoms with van der Waals surface area (Å²) in [6.07, 6.45) is 1.21. The van der Waals surface area contributed by atoms with E-state index in [9.17, 15) is 4.39 Å². The highest BCUT2D eigenvalue weighted by atomic mass is 19.1. The van der Waals surface area contributed by atoms with E-state index in [0.29, 0.717) is 0 Å². The van der Waals surface area contributed by atoms with Crippen LogP contribution in [0.3, 0.4) is 0 Å². The number of nitrogens with zero attached hydrogens (tertiary/aromatic N) is 2. The van der Waals surface area contributed by atoms with E-state index in [1.807, 2.05) is 12.1 Å². The molecule has 118 valence electrons. The summed E-state index contributed by atoms with van der Waals surface area (Å²) >= 11 is 0. The van der Waals surface area contributed by atoms with Gasteiger partial charge in [-0.15, -0.1) is 0 Å². The highest BCUT2D eigenvalue weighted by Gasteiger charge is 2.16. The van der Waals surface area contributed by atoms with E-state index in [1.54, 1.807) is 12.1 Å². The minimum absolute atomic E-state index is 0.161. The number of benzene rings is 1. The molecular weight excluding hydrogens is 265 g/mol. The minimum Gasteiger partial charge on any atom is -0.369 e. The predicted molar refractivity (Wildman–Crippen MR) is 87.4 cm³/mol. The van der Waals surface area contributed by atoms with E-state index in [0.717, 1.165) is 50.9 Å². The Hall–Kier alpha value is -1.13. The quantitative estimate of drug-likeness (QED) is 0.780. The van der Waals surface area contributed by atoms with Gasteiger partial charge in [0.05, 0.1) is 0 Å². The molecule has 1 aromatic rings. The van der Waals surface area contributed by atoms with E-state index in [2.05, 4.69) is 29.0 Å². The van der Waals surface area contributed by atoms with Crippen molar-refractivity contribution in [1.29, 1.82) is 0 Å². The van der Waals surface area contributed by atoms with Gasteiger partial charge < -0.3 is 10.2 Å². The lowest BCUT2D eigenvalue weighted by Gasteiger charge is -2.36. The summed E-state index contributed by atoms with van der Waals surface area (Å²) in [5.41, 5.74) is 1.13. The van der Waals surface area contributed by atoms with Crippen LogP contribution < -0.4 is 10.2 Å². The van der Waals surface area contributed by atoms with Crippen molar-refractivity contribution < 1.29 is 4.39 Å². The van der Waals surface area contributed by atoms with Crippen molar-refractivity contribution >= 4 is 5.69 Å². The number of rotatable bonds is 7. The van der Waals surface area contributed by atoms with Gasteiger partial charge in [-0.3, -0.25) is 4.90 Å². The van der Waals surface area contributed by atoms with Crippen molar-refractivity contribution in [3.05, 3.63) is 30.1 Å². The van der Waals surface area contributed by atoms with Crippen molar-refractivity contribution in [3.63, 3.8) is 0 Å². The second-order valence-corrected chi connectivity index (χ2v) is 6.26. The second kappa shape index (κ2) is 8.35. The Labute approximate surface area is 128 Å². The summed E-state index contributed by atoms with van der Waals surface area (Å²) in [5, 5.41) is 3.49. The standard InChI is InChI=1S/C17H28FN3/c1-15(2)14-19-8-3-9-20-10-12-21(13-11-20)17-6-4-16(18)5-7-17/h4-7,15,19H,3,8-14H2,1-2H3. The monoisotopic (exact) mass is 293 g/mol. The molecule has 3 nitrogen and oxygen atoms in total. The van der Waals surface area contributed by atoms with Crippen molar-refractivity contribution in [2.45, 2.75) is 20.3 Å². The van der Waals surface area contributed by atoms with E-state index >= 15 is 0 Å². The first-order valence-electron chi connectivity index (χ1n) is 8.09. The lowest BCUT2D eigenvalue weighted by molar-refractivity contribution is 0.253. The first-order valence-corrected chi connectivity index (χ1v) is 8.09. The van der Waals surface area contributed by atoms with Crippen molar-refractivity contribution in [2.75, 3.05) is 50.7 Å². The Morgan fingerprint density at radius 3 is 2.38 bits per heavy atom. The summed E-state index contributed by atoms with van der Waals surface area (Å²) in [5.74, 6) is 0.565. The number of halogens is 1. The summed E-state index contributed by atoms with van der Waals surface area (Å²) in [6, 6.07) is 6.84. The van der Waals surface area contributed by atoms with Crippen LogP contribution in [0.1, 0.15) is 20.3 Å². The van der Waals surface area contributed by atoms with Crippen LogP contribution in [0.15, 0.2) is 24.3 Å². The average Bonchev–Trinajstić information content (AvgIpc) is 2.48. The first kappa shape index (κ1) is 16.2. The molecule has 0 spiro atoms. The van der Waals surface area contributed by atoms with Gasteiger partial charge in [0, 0.05) is 31.9 Å². The molecule has 0 unspecified atom stereocenters. The van der Waals surface area contributed by atoms with Gasteiger partial charge in [0.25, 0.3) is 0 Å². The molecule has 1 fully saturated rings. The van der Waals surface area contributed by atoms with Crippen LogP contribution in [-0.2, 0) is 0 Å². The number of piperazine rings is 1. The van der Waals surface area contributed by atoms with E-state index < -0.39 is 0 Å². The fourth-order valence-corrected chi connectivity index (χ4v) is 2.70. The smallest absolute Gasteiger partial charge is 0.123 e. The fraction of sp³-hybridized carbons (Fsp3) is 0.647. The van der Waals surface area contributed by atoms with Gasteiger partial charge in [0.15, 0.2) is 0 Å². The molecule has 1 aliphatic rings. The predicted octanol–water partition coefficient (Wildman–Crippen LogP) is 2.58. The third-order valence-electron chi connectivity index (χ3n) is 3.94. The fourth-order valence-electron chi connectivity index (χ4n) is 2.70. The summed E-state index contributed by atoms with van der Waals surface area (Å²) in [4.78, 5) is 4.87. The molecule has 0 bridgehead atoms. The Balaban J connectivity index is 1.63. The molecule has 0 amide bonds. The van der Waals surface area contributed by atoms with Crippen LogP contribution in [0.4, 0.5) is 10.1 Å². The van der Waals surface area contributed by atoms with Crippen molar-refractivity contribution in [1.82, 2.24) is 10.2 Å². The lowest BCUT2D eigenvalue weighted by atomic mass is 10.2. The summed E-state index contributed by atoms with van der Waals surface area (Å²) in [7, 11) is 0. The normalized spacial score (nSPS) is 16.7. The van der Waals surface area contributed by atoms with Gasteiger partial charge in [-0.05, 0) is 56.2 Å². The van der Waals surface area contributed by atoms with Crippen LogP contribution >= 0.6 is 0 Å². The number of nitrogens with one attached hydrogen (secondary N) is 1. The largest absolute Gasteiger partial charge is 0.369 e. The minimum atomic E-state index is -0.161. The van der Waals surface area contributed by atoms with Gasteiger partial charge in [0.2, 0.25) is 0 Å². The maximum Gasteiger partial charge on any atom is 0.123 e. The average molecular weight is 293 g/mol. The van der Waals surface area contributed by atoms with Crippen LogP contribution in [-0.4, -0.2) is 50.7 Å². The summed E-state index contributed by atoms with van der Waals surface area (Å²) in [6.45, 7) is 12.1. The highest BCUT2D eigenvalue weighted by Crippen LogP contribution is 2.16. The van der Waals surface area contributed by atoms with Gasteiger partial charge in [-0.25, -0.2) is 4.39 Å². The number of anilines is 1. The van der Waals surface area contributed by atoms with E-state index in [4.69, 9.17) is 0 Å². The third-order valence-corrected chi connectivity index (χ3v) is 3.94. The Morgan fingerprint density at radius 2 is 1.76 bits per heavy atom. The molecule has 1 aromatic carbocycles. The third kappa shape index (κ3) is 5.64. The van der Waals surface area contributed by atoms with Gasteiger partial charge in [-0.1, -0.05) is 13.8 Å². The molecule has 1 N–H and O–H groups in total. The molecule has 21 heavy (non-hydrogen) atoms. The molecule has 4 heteroatoms. The Kier molecular flexibility index (Phi) is 6.46. The van der Waals surface area contributed by atoms with E-state index in [-0.39, 0.29) is 5.82 Å². The maximum absolute atomic E-state index is 12.9. The van der Waals surface area contributed by atoms with Gasteiger partial charge in [-0.2, -0.15) is 0 Å². The molecule has 1 aliphatic heterocycles.